The topological polar surface area (TPSA) is 99.7 Å². The third-order valence-electron chi connectivity index (χ3n) is 8.75. The number of nitrogens with one attached hydrogen (secondary N) is 2. The van der Waals surface area contributed by atoms with E-state index in [4.69, 9.17) is 4.74 Å². The molecule has 2 aromatic heterocycles. The van der Waals surface area contributed by atoms with Crippen LogP contribution in [0.3, 0.4) is 0 Å². The lowest BCUT2D eigenvalue weighted by atomic mass is 9.88. The maximum Gasteiger partial charge on any atom is 0.256 e. The lowest BCUT2D eigenvalue weighted by Gasteiger charge is -2.48. The van der Waals surface area contributed by atoms with Gasteiger partial charge < -0.3 is 24.5 Å². The number of pyridine rings is 1. The number of methoxy groups -OCH3 is 1. The summed E-state index contributed by atoms with van der Waals surface area (Å²) in [6, 6.07) is 10.5. The zero-order chi connectivity index (χ0) is 27.8. The predicted molar refractivity (Wildman–Crippen MR) is 151 cm³/mol. The Morgan fingerprint density at radius 1 is 1.15 bits per heavy atom. The van der Waals surface area contributed by atoms with Crippen LogP contribution in [-0.2, 0) is 11.3 Å². The molecule has 0 radical (unpaired) electrons. The number of fused-ring (bicyclic) bond motifs is 1. The van der Waals surface area contributed by atoms with Crippen LogP contribution in [-0.4, -0.2) is 70.5 Å². The van der Waals surface area contributed by atoms with Crippen molar-refractivity contribution in [3.8, 4) is 5.75 Å². The second-order valence-electron chi connectivity index (χ2n) is 11.1. The van der Waals surface area contributed by atoms with Crippen molar-refractivity contribution in [3.63, 3.8) is 0 Å². The Morgan fingerprint density at radius 2 is 1.85 bits per heavy atom. The number of carbonyl (C=O) groups excluding carboxylic acids is 2. The number of hydrogen-bond donors (Lipinski definition) is 2. The Balaban J connectivity index is 1.33. The summed E-state index contributed by atoms with van der Waals surface area (Å²) in [6.45, 7) is 11.5. The summed E-state index contributed by atoms with van der Waals surface area (Å²) >= 11 is 0. The summed E-state index contributed by atoms with van der Waals surface area (Å²) in [5, 5.41) is 3.89. The normalized spacial score (nSPS) is 17.7. The summed E-state index contributed by atoms with van der Waals surface area (Å²) in [7, 11) is 1.52. The molecule has 0 saturated carbocycles. The highest BCUT2D eigenvalue weighted by atomic mass is 16.5. The van der Waals surface area contributed by atoms with Crippen molar-refractivity contribution in [1.29, 1.82) is 0 Å². The minimum atomic E-state index is -0.262. The van der Waals surface area contributed by atoms with Gasteiger partial charge in [0.05, 0.1) is 24.8 Å². The Morgan fingerprint density at radius 3 is 2.51 bits per heavy atom. The highest BCUT2D eigenvalue weighted by molar-refractivity contribution is 6.08. The average molecular weight is 534 g/mol. The van der Waals surface area contributed by atoms with Crippen molar-refractivity contribution in [2.24, 2.45) is 5.92 Å². The number of hydrogen-bond acceptors (Lipinski definition) is 5. The minimum absolute atomic E-state index is 0.0762. The van der Waals surface area contributed by atoms with Gasteiger partial charge in [-0.25, -0.2) is 0 Å². The summed E-state index contributed by atoms with van der Waals surface area (Å²) in [4.78, 5) is 44.9. The van der Waals surface area contributed by atoms with Crippen molar-refractivity contribution in [1.82, 2.24) is 24.7 Å². The van der Waals surface area contributed by atoms with Gasteiger partial charge in [0.15, 0.2) is 0 Å². The Labute approximate surface area is 229 Å². The molecule has 2 N–H and O–H groups in total. The van der Waals surface area contributed by atoms with Crippen LogP contribution in [0.5, 0.6) is 5.75 Å². The number of piperidine rings is 1. The highest BCUT2D eigenvalue weighted by Gasteiger charge is 2.36. The van der Waals surface area contributed by atoms with Gasteiger partial charge in [-0.3, -0.25) is 19.3 Å². The van der Waals surface area contributed by atoms with Crippen LogP contribution in [0.15, 0.2) is 35.1 Å². The molecule has 2 amide bonds. The van der Waals surface area contributed by atoms with E-state index in [0.717, 1.165) is 55.6 Å². The maximum absolute atomic E-state index is 13.6. The molecule has 4 heterocycles. The fourth-order valence-corrected chi connectivity index (χ4v) is 6.42. The molecule has 2 aliphatic heterocycles. The van der Waals surface area contributed by atoms with Crippen LogP contribution in [0.4, 0.5) is 0 Å². The first-order valence-electron chi connectivity index (χ1n) is 13.8. The number of ether oxygens (including phenoxy) is 1. The number of amides is 2. The van der Waals surface area contributed by atoms with Crippen molar-refractivity contribution < 1.29 is 14.3 Å². The molecule has 0 spiro atoms. The van der Waals surface area contributed by atoms with Crippen LogP contribution in [0, 0.1) is 19.8 Å². The molecule has 0 aliphatic carbocycles. The lowest BCUT2D eigenvalue weighted by molar-refractivity contribution is -0.136. The quantitative estimate of drug-likeness (QED) is 0.485. The molecule has 3 aromatic rings. The number of likely N-dealkylation sites (tertiary alicyclic amines) is 2. The number of H-pyrrole nitrogens is 1. The summed E-state index contributed by atoms with van der Waals surface area (Å²) < 4.78 is 7.72. The SMILES string of the molecule is COc1cc(C)[nH]c(=O)c1CNC(=O)c1c(C)n(C(C)C2CCN(C3CN(C(C)=O)C3)CC2)c2ccccc12. The van der Waals surface area contributed by atoms with Crippen molar-refractivity contribution in [2.45, 2.75) is 59.2 Å². The number of benzene rings is 1. The maximum atomic E-state index is 13.6. The molecule has 1 unspecified atom stereocenters. The molecule has 9 nitrogen and oxygen atoms in total. The standard InChI is InChI=1S/C30H39N5O4/c1-18-14-27(39-5)25(29(37)32-18)15-31-30(38)28-20(3)35(26-9-7-6-8-24(26)28)19(2)22-10-12-33(13-11-22)23-16-34(17-23)21(4)36/h6-9,14,19,22-23H,10-13,15-17H2,1-5H3,(H,31,38)(H,32,37). The fourth-order valence-electron chi connectivity index (χ4n) is 6.42. The number of carbonyl (C=O) groups is 2. The third kappa shape index (κ3) is 5.07. The monoisotopic (exact) mass is 533 g/mol. The molecule has 2 saturated heterocycles. The van der Waals surface area contributed by atoms with Gasteiger partial charge in [0.2, 0.25) is 5.91 Å². The summed E-state index contributed by atoms with van der Waals surface area (Å²) in [6.07, 6.45) is 2.17. The van der Waals surface area contributed by atoms with Crippen LogP contribution < -0.4 is 15.6 Å². The van der Waals surface area contributed by atoms with Crippen molar-refractivity contribution >= 4 is 22.7 Å². The Hall–Kier alpha value is -3.59. The van der Waals surface area contributed by atoms with Gasteiger partial charge >= 0.3 is 0 Å². The van der Waals surface area contributed by atoms with Crippen LogP contribution >= 0.6 is 0 Å². The highest BCUT2D eigenvalue weighted by Crippen LogP contribution is 2.36. The van der Waals surface area contributed by atoms with Crippen molar-refractivity contribution in [2.75, 3.05) is 33.3 Å². The molecule has 39 heavy (non-hydrogen) atoms. The molecule has 5 rings (SSSR count). The van der Waals surface area contributed by atoms with Gasteiger partial charge in [0, 0.05) is 54.4 Å². The molecule has 2 fully saturated rings. The second-order valence-corrected chi connectivity index (χ2v) is 11.1. The summed E-state index contributed by atoms with van der Waals surface area (Å²) in [5.74, 6) is 0.915. The Bertz CT molecular complexity index is 1440. The molecular weight excluding hydrogens is 494 g/mol. The number of aromatic amines is 1. The fraction of sp³-hybridized carbons (Fsp3) is 0.500. The lowest BCUT2D eigenvalue weighted by Crippen LogP contribution is -2.61. The van der Waals surface area contributed by atoms with E-state index >= 15 is 0 Å². The van der Waals surface area contributed by atoms with Crippen LogP contribution in [0.25, 0.3) is 10.9 Å². The van der Waals surface area contributed by atoms with E-state index in [0.29, 0.717) is 34.5 Å². The van der Waals surface area contributed by atoms with Gasteiger partial charge in [-0.1, -0.05) is 18.2 Å². The number of aryl methyl sites for hydroxylation is 1. The van der Waals surface area contributed by atoms with E-state index in [-0.39, 0.29) is 30.0 Å². The smallest absolute Gasteiger partial charge is 0.256 e. The second kappa shape index (κ2) is 10.9. The zero-order valence-corrected chi connectivity index (χ0v) is 23.5. The molecule has 1 aromatic carbocycles. The van der Waals surface area contributed by atoms with Gasteiger partial charge in [-0.15, -0.1) is 0 Å². The number of para-hydroxylation sites is 1. The van der Waals surface area contributed by atoms with E-state index in [9.17, 15) is 14.4 Å². The number of nitrogens with zero attached hydrogens (tertiary/aromatic N) is 3. The molecule has 2 aliphatic rings. The molecule has 1 atom stereocenters. The number of aromatic nitrogens is 2. The largest absolute Gasteiger partial charge is 0.496 e. The number of rotatable bonds is 7. The van der Waals surface area contributed by atoms with Gasteiger partial charge in [-0.05, 0) is 64.8 Å². The minimum Gasteiger partial charge on any atom is -0.496 e. The first kappa shape index (κ1) is 27.0. The Kier molecular flexibility index (Phi) is 7.53. The molecule has 0 bridgehead atoms. The first-order chi connectivity index (χ1) is 18.7. The van der Waals surface area contributed by atoms with E-state index in [1.807, 2.05) is 30.0 Å². The van der Waals surface area contributed by atoms with E-state index in [1.54, 1.807) is 19.9 Å². The van der Waals surface area contributed by atoms with Crippen LogP contribution in [0.2, 0.25) is 0 Å². The predicted octanol–water partition coefficient (Wildman–Crippen LogP) is 3.39. The first-order valence-corrected chi connectivity index (χ1v) is 13.8. The van der Waals surface area contributed by atoms with Gasteiger partial charge in [-0.2, -0.15) is 0 Å². The van der Waals surface area contributed by atoms with E-state index < -0.39 is 0 Å². The van der Waals surface area contributed by atoms with E-state index in [2.05, 4.69) is 32.8 Å². The van der Waals surface area contributed by atoms with E-state index in [1.165, 1.54) is 7.11 Å². The van der Waals surface area contributed by atoms with Crippen molar-refractivity contribution in [3.05, 3.63) is 63.2 Å². The molecule has 9 heteroatoms. The van der Waals surface area contributed by atoms with Gasteiger partial charge in [0.1, 0.15) is 5.75 Å². The van der Waals surface area contributed by atoms with Gasteiger partial charge in [0.25, 0.3) is 11.5 Å². The average Bonchev–Trinajstić information content (AvgIpc) is 3.18. The zero-order valence-electron chi connectivity index (χ0n) is 23.5. The van der Waals surface area contributed by atoms with Crippen LogP contribution in [0.1, 0.15) is 60.0 Å². The molecular formula is C30H39N5O4. The molecule has 208 valence electrons. The summed E-state index contributed by atoms with van der Waals surface area (Å²) in [5.41, 5.74) is 3.48. The third-order valence-corrected chi connectivity index (χ3v) is 8.75.